The van der Waals surface area contributed by atoms with Gasteiger partial charge in [0, 0.05) is 13.2 Å². The van der Waals surface area contributed by atoms with E-state index in [1.165, 1.54) is 0 Å². The van der Waals surface area contributed by atoms with Crippen LogP contribution in [0.5, 0.6) is 0 Å². The zero-order valence-corrected chi connectivity index (χ0v) is 11.2. The molecule has 0 rings (SSSR count). The van der Waals surface area contributed by atoms with Crippen molar-refractivity contribution in [1.82, 2.24) is 5.32 Å². The molecule has 4 heteroatoms. The average Bonchev–Trinajstić information content (AvgIpc) is 2.23. The van der Waals surface area contributed by atoms with Crippen LogP contribution in [-0.4, -0.2) is 30.7 Å². The third-order valence-corrected chi connectivity index (χ3v) is 2.78. The Balaban J connectivity index is 4.06. The molecule has 0 aromatic heterocycles. The summed E-state index contributed by atoms with van der Waals surface area (Å²) in [6, 6.07) is -0.428. The first-order valence-electron chi connectivity index (χ1n) is 6.01. The van der Waals surface area contributed by atoms with E-state index in [2.05, 4.69) is 5.32 Å². The second-order valence-corrected chi connectivity index (χ2v) is 4.82. The van der Waals surface area contributed by atoms with Crippen LogP contribution in [-0.2, 0) is 9.53 Å². The Labute approximate surface area is 98.9 Å². The maximum absolute atomic E-state index is 11.7. The van der Waals surface area contributed by atoms with Crippen LogP contribution in [0.25, 0.3) is 0 Å². The largest absolute Gasteiger partial charge is 0.374 e. The number of hydrogen-bond donors (Lipinski definition) is 2. The third kappa shape index (κ3) is 5.47. The summed E-state index contributed by atoms with van der Waals surface area (Å²) in [5, 5.41) is 2.83. The van der Waals surface area contributed by atoms with E-state index in [1.54, 1.807) is 0 Å². The van der Waals surface area contributed by atoms with Gasteiger partial charge in [-0.3, -0.25) is 4.79 Å². The maximum Gasteiger partial charge on any atom is 0.237 e. The van der Waals surface area contributed by atoms with Gasteiger partial charge in [-0.1, -0.05) is 20.3 Å². The molecule has 0 saturated carbocycles. The van der Waals surface area contributed by atoms with Gasteiger partial charge in [0.05, 0.1) is 11.6 Å². The molecule has 0 unspecified atom stereocenters. The van der Waals surface area contributed by atoms with Crippen molar-refractivity contribution in [3.63, 3.8) is 0 Å². The van der Waals surface area contributed by atoms with Crippen molar-refractivity contribution in [1.29, 1.82) is 0 Å². The van der Waals surface area contributed by atoms with Crippen LogP contribution in [0.4, 0.5) is 0 Å². The molecule has 0 heterocycles. The van der Waals surface area contributed by atoms with Crippen LogP contribution in [0, 0.1) is 5.92 Å². The molecule has 0 fully saturated rings. The standard InChI is InChI=1S/C12H26N2O2/c1-6-9(3)10(13)11(15)14-8-12(4,5)16-7-2/h9-10H,6-8,13H2,1-5H3,(H,14,15)/t9-,10-/m0/s1. The third-order valence-electron chi connectivity index (χ3n) is 2.78. The van der Waals surface area contributed by atoms with E-state index in [-0.39, 0.29) is 17.4 Å². The molecule has 0 radical (unpaired) electrons. The van der Waals surface area contributed by atoms with Crippen LogP contribution in [0.3, 0.4) is 0 Å². The fourth-order valence-electron chi connectivity index (χ4n) is 1.37. The van der Waals surface area contributed by atoms with E-state index in [1.807, 2.05) is 34.6 Å². The SMILES string of the molecule is CCOC(C)(C)CNC(=O)[C@@H](N)[C@@H](C)CC. The Morgan fingerprint density at radius 1 is 1.44 bits per heavy atom. The van der Waals surface area contributed by atoms with Crippen molar-refractivity contribution in [3.05, 3.63) is 0 Å². The predicted octanol–water partition coefficient (Wildman–Crippen LogP) is 1.29. The Morgan fingerprint density at radius 3 is 2.44 bits per heavy atom. The molecule has 4 nitrogen and oxygen atoms in total. The molecular weight excluding hydrogens is 204 g/mol. The minimum atomic E-state index is -0.428. The quantitative estimate of drug-likeness (QED) is 0.692. The first-order valence-corrected chi connectivity index (χ1v) is 6.01. The average molecular weight is 230 g/mol. The van der Waals surface area contributed by atoms with E-state index in [0.29, 0.717) is 13.2 Å². The highest BCUT2D eigenvalue weighted by atomic mass is 16.5. The van der Waals surface area contributed by atoms with Crippen molar-refractivity contribution in [2.45, 2.75) is 52.7 Å². The van der Waals surface area contributed by atoms with Crippen LogP contribution < -0.4 is 11.1 Å². The Bertz CT molecular complexity index is 217. The smallest absolute Gasteiger partial charge is 0.237 e. The number of ether oxygens (including phenoxy) is 1. The molecule has 0 aromatic rings. The molecule has 96 valence electrons. The molecule has 3 N–H and O–H groups in total. The summed E-state index contributed by atoms with van der Waals surface area (Å²) in [5.74, 6) is 0.109. The molecule has 16 heavy (non-hydrogen) atoms. The number of nitrogens with two attached hydrogens (primary N) is 1. The number of carbonyl (C=O) groups is 1. The van der Waals surface area contributed by atoms with Gasteiger partial charge in [0.15, 0.2) is 0 Å². The molecule has 0 aliphatic heterocycles. The lowest BCUT2D eigenvalue weighted by molar-refractivity contribution is -0.125. The summed E-state index contributed by atoms with van der Waals surface area (Å²) in [7, 11) is 0. The van der Waals surface area contributed by atoms with Crippen molar-refractivity contribution in [3.8, 4) is 0 Å². The summed E-state index contributed by atoms with van der Waals surface area (Å²) in [4.78, 5) is 11.7. The highest BCUT2D eigenvalue weighted by Gasteiger charge is 2.23. The lowest BCUT2D eigenvalue weighted by atomic mass is 9.99. The molecule has 1 amide bonds. The zero-order valence-electron chi connectivity index (χ0n) is 11.2. The van der Waals surface area contributed by atoms with Gasteiger partial charge < -0.3 is 15.8 Å². The molecule has 0 saturated heterocycles. The summed E-state index contributed by atoms with van der Waals surface area (Å²) < 4.78 is 5.49. The van der Waals surface area contributed by atoms with Crippen molar-refractivity contribution in [2.24, 2.45) is 11.7 Å². The summed E-state index contributed by atoms with van der Waals surface area (Å²) >= 11 is 0. The molecule has 0 bridgehead atoms. The highest BCUT2D eigenvalue weighted by molar-refractivity contribution is 5.81. The summed E-state index contributed by atoms with van der Waals surface area (Å²) in [5.41, 5.74) is 5.49. The first-order chi connectivity index (χ1) is 7.34. The van der Waals surface area contributed by atoms with Crippen LogP contribution in [0.1, 0.15) is 41.0 Å². The Morgan fingerprint density at radius 2 is 2.00 bits per heavy atom. The lowest BCUT2D eigenvalue weighted by Crippen LogP contribution is -2.49. The second-order valence-electron chi connectivity index (χ2n) is 4.82. The highest BCUT2D eigenvalue weighted by Crippen LogP contribution is 2.08. The lowest BCUT2D eigenvalue weighted by Gasteiger charge is -2.26. The van der Waals surface area contributed by atoms with Gasteiger partial charge in [-0.25, -0.2) is 0 Å². The minimum Gasteiger partial charge on any atom is -0.374 e. The van der Waals surface area contributed by atoms with Gasteiger partial charge in [0.25, 0.3) is 0 Å². The number of carbonyl (C=O) groups excluding carboxylic acids is 1. The van der Waals surface area contributed by atoms with Gasteiger partial charge in [-0.2, -0.15) is 0 Å². The Kier molecular flexibility index (Phi) is 6.60. The van der Waals surface area contributed by atoms with Gasteiger partial charge in [0.2, 0.25) is 5.91 Å². The number of nitrogens with one attached hydrogen (secondary N) is 1. The van der Waals surface area contributed by atoms with Gasteiger partial charge in [-0.15, -0.1) is 0 Å². The van der Waals surface area contributed by atoms with E-state index in [9.17, 15) is 4.79 Å². The van der Waals surface area contributed by atoms with E-state index < -0.39 is 6.04 Å². The van der Waals surface area contributed by atoms with Crippen LogP contribution in [0.15, 0.2) is 0 Å². The second kappa shape index (κ2) is 6.86. The molecule has 2 atom stereocenters. The Hall–Kier alpha value is -0.610. The maximum atomic E-state index is 11.7. The topological polar surface area (TPSA) is 64.3 Å². The first kappa shape index (κ1) is 15.4. The fourth-order valence-corrected chi connectivity index (χ4v) is 1.37. The molecule has 0 aliphatic carbocycles. The minimum absolute atomic E-state index is 0.0953. The van der Waals surface area contributed by atoms with Gasteiger partial charge in [0.1, 0.15) is 0 Å². The molecular formula is C12H26N2O2. The molecule has 0 aromatic carbocycles. The molecule has 0 aliphatic rings. The number of hydrogen-bond acceptors (Lipinski definition) is 3. The summed E-state index contributed by atoms with van der Waals surface area (Å²) in [6.45, 7) is 11.0. The predicted molar refractivity (Wildman–Crippen MR) is 66.1 cm³/mol. The van der Waals surface area contributed by atoms with E-state index >= 15 is 0 Å². The van der Waals surface area contributed by atoms with E-state index in [4.69, 9.17) is 10.5 Å². The van der Waals surface area contributed by atoms with Gasteiger partial charge in [-0.05, 0) is 26.7 Å². The van der Waals surface area contributed by atoms with Crippen molar-refractivity contribution in [2.75, 3.05) is 13.2 Å². The van der Waals surface area contributed by atoms with Crippen molar-refractivity contribution < 1.29 is 9.53 Å². The van der Waals surface area contributed by atoms with Crippen LogP contribution in [0.2, 0.25) is 0 Å². The van der Waals surface area contributed by atoms with Crippen LogP contribution >= 0.6 is 0 Å². The fraction of sp³-hybridized carbons (Fsp3) is 0.917. The van der Waals surface area contributed by atoms with Crippen molar-refractivity contribution >= 4 is 5.91 Å². The monoisotopic (exact) mass is 230 g/mol. The summed E-state index contributed by atoms with van der Waals surface area (Å²) in [6.07, 6.45) is 0.906. The molecule has 0 spiro atoms. The number of rotatable bonds is 7. The van der Waals surface area contributed by atoms with Gasteiger partial charge >= 0.3 is 0 Å². The normalized spacial score (nSPS) is 15.6. The zero-order chi connectivity index (χ0) is 12.8. The van der Waals surface area contributed by atoms with E-state index in [0.717, 1.165) is 6.42 Å². The number of amides is 1.